The molecule has 2 N–H and O–H groups in total. The lowest BCUT2D eigenvalue weighted by Gasteiger charge is -2.27. The van der Waals surface area contributed by atoms with Crippen LogP contribution < -0.4 is 5.32 Å². The number of carboxylic acid groups (broad SMARTS) is 1. The summed E-state index contributed by atoms with van der Waals surface area (Å²) in [5.74, 6) is 0.162. The number of nitrogens with zero attached hydrogens (tertiary/aromatic N) is 2. The molecule has 1 saturated carbocycles. The van der Waals surface area contributed by atoms with Crippen molar-refractivity contribution in [3.8, 4) is 0 Å². The molecule has 1 aromatic heterocycles. The first-order valence-electron chi connectivity index (χ1n) is 5.98. The predicted octanol–water partition coefficient (Wildman–Crippen LogP) is 2.17. The van der Waals surface area contributed by atoms with Gasteiger partial charge in [0.15, 0.2) is 0 Å². The third-order valence-electron chi connectivity index (χ3n) is 3.21. The van der Waals surface area contributed by atoms with Crippen molar-refractivity contribution in [2.45, 2.75) is 38.6 Å². The van der Waals surface area contributed by atoms with Crippen molar-refractivity contribution in [3.63, 3.8) is 0 Å². The molecule has 92 valence electrons. The van der Waals surface area contributed by atoms with Gasteiger partial charge in [-0.1, -0.05) is 6.92 Å². The molecule has 0 aliphatic heterocycles. The Hall–Kier alpha value is -1.65. The lowest BCUT2D eigenvalue weighted by Crippen LogP contribution is -2.26. The zero-order valence-corrected chi connectivity index (χ0v) is 9.89. The Bertz CT molecular complexity index is 400. The summed E-state index contributed by atoms with van der Waals surface area (Å²) < 4.78 is 0. The van der Waals surface area contributed by atoms with Gasteiger partial charge in [-0.2, -0.15) is 0 Å². The molecule has 1 aliphatic carbocycles. The zero-order valence-electron chi connectivity index (χ0n) is 9.89. The van der Waals surface area contributed by atoms with Crippen LogP contribution in [0.1, 0.15) is 43.2 Å². The van der Waals surface area contributed by atoms with Gasteiger partial charge < -0.3 is 10.4 Å². The van der Waals surface area contributed by atoms with Crippen molar-refractivity contribution >= 4 is 11.8 Å². The van der Waals surface area contributed by atoms with E-state index >= 15 is 0 Å². The van der Waals surface area contributed by atoms with E-state index in [-0.39, 0.29) is 5.82 Å². The van der Waals surface area contributed by atoms with Gasteiger partial charge in [0.25, 0.3) is 0 Å². The van der Waals surface area contributed by atoms with Gasteiger partial charge in [-0.3, -0.25) is 0 Å². The van der Waals surface area contributed by atoms with Crippen molar-refractivity contribution in [1.82, 2.24) is 9.97 Å². The molecule has 2 rings (SSSR count). The van der Waals surface area contributed by atoms with E-state index in [4.69, 9.17) is 5.11 Å². The van der Waals surface area contributed by atoms with E-state index < -0.39 is 5.97 Å². The largest absolute Gasteiger partial charge is 0.475 e. The highest BCUT2D eigenvalue weighted by atomic mass is 16.4. The van der Waals surface area contributed by atoms with Gasteiger partial charge >= 0.3 is 5.97 Å². The molecule has 0 radical (unpaired) electrons. The molecule has 1 heterocycles. The number of hydrogen-bond acceptors (Lipinski definition) is 4. The quantitative estimate of drug-likeness (QED) is 0.839. The topological polar surface area (TPSA) is 75.1 Å². The van der Waals surface area contributed by atoms with Crippen molar-refractivity contribution < 1.29 is 9.90 Å². The van der Waals surface area contributed by atoms with Gasteiger partial charge in [-0.05, 0) is 37.7 Å². The van der Waals surface area contributed by atoms with Gasteiger partial charge in [0, 0.05) is 12.2 Å². The van der Waals surface area contributed by atoms with Crippen LogP contribution in [0, 0.1) is 5.92 Å². The molecule has 0 unspecified atom stereocenters. The average molecular weight is 235 g/mol. The summed E-state index contributed by atoms with van der Waals surface area (Å²) in [6, 6.07) is 2.12. The zero-order chi connectivity index (χ0) is 12.3. The van der Waals surface area contributed by atoms with Crippen LogP contribution in [0.2, 0.25) is 0 Å². The number of rotatable bonds is 3. The Morgan fingerprint density at radius 1 is 1.41 bits per heavy atom. The Morgan fingerprint density at radius 3 is 2.76 bits per heavy atom. The number of aromatic nitrogens is 2. The van der Waals surface area contributed by atoms with Crippen LogP contribution in [0.15, 0.2) is 12.3 Å². The predicted molar refractivity (Wildman–Crippen MR) is 64.0 cm³/mol. The first-order valence-corrected chi connectivity index (χ1v) is 5.98. The molecule has 1 aromatic rings. The lowest BCUT2D eigenvalue weighted by atomic mass is 9.87. The Morgan fingerprint density at radius 2 is 2.12 bits per heavy atom. The Balaban J connectivity index is 1.98. The molecule has 0 spiro atoms. The number of aromatic carboxylic acids is 1. The minimum atomic E-state index is -1.09. The number of carbonyl (C=O) groups is 1. The van der Waals surface area contributed by atoms with Crippen molar-refractivity contribution in [2.24, 2.45) is 5.92 Å². The summed E-state index contributed by atoms with van der Waals surface area (Å²) in [4.78, 5) is 18.4. The van der Waals surface area contributed by atoms with Gasteiger partial charge in [0.05, 0.1) is 0 Å². The standard InChI is InChI=1S/C12H17N3O2/c1-8-2-4-9(5-3-8)14-10-6-7-13-11(15-10)12(16)17/h6-9H,2-5H2,1H3,(H,16,17)(H,13,14,15). The highest BCUT2D eigenvalue weighted by Crippen LogP contribution is 2.25. The summed E-state index contributed by atoms with van der Waals surface area (Å²) in [7, 11) is 0. The smallest absolute Gasteiger partial charge is 0.374 e. The average Bonchev–Trinajstić information content (AvgIpc) is 2.32. The van der Waals surface area contributed by atoms with E-state index in [9.17, 15) is 4.79 Å². The van der Waals surface area contributed by atoms with Crippen molar-refractivity contribution in [3.05, 3.63) is 18.1 Å². The van der Waals surface area contributed by atoms with Crippen molar-refractivity contribution in [1.29, 1.82) is 0 Å². The molecule has 1 aliphatic rings. The molecule has 0 saturated heterocycles. The van der Waals surface area contributed by atoms with Crippen molar-refractivity contribution in [2.75, 3.05) is 5.32 Å². The third kappa shape index (κ3) is 3.15. The molecule has 0 amide bonds. The number of anilines is 1. The number of nitrogens with one attached hydrogen (secondary N) is 1. The monoisotopic (exact) mass is 235 g/mol. The second-order valence-electron chi connectivity index (χ2n) is 4.67. The van der Waals surface area contributed by atoms with Crippen LogP contribution in [0.5, 0.6) is 0 Å². The minimum absolute atomic E-state index is 0.154. The van der Waals surface area contributed by atoms with Crippen LogP contribution in [0.4, 0.5) is 5.82 Å². The fraction of sp³-hybridized carbons (Fsp3) is 0.583. The van der Waals surface area contributed by atoms with Gasteiger partial charge in [0.1, 0.15) is 5.82 Å². The molecule has 0 atom stereocenters. The number of hydrogen-bond donors (Lipinski definition) is 2. The third-order valence-corrected chi connectivity index (χ3v) is 3.21. The van der Waals surface area contributed by atoms with Crippen LogP contribution in [0.25, 0.3) is 0 Å². The van der Waals surface area contributed by atoms with E-state index in [0.29, 0.717) is 11.9 Å². The Kier molecular flexibility index (Phi) is 3.56. The maximum absolute atomic E-state index is 10.7. The first-order chi connectivity index (χ1) is 8.15. The molecular weight excluding hydrogens is 218 g/mol. The highest BCUT2D eigenvalue weighted by molar-refractivity contribution is 5.83. The van der Waals surface area contributed by atoms with Gasteiger partial charge in [-0.25, -0.2) is 14.8 Å². The molecule has 0 bridgehead atoms. The van der Waals surface area contributed by atoms with Gasteiger partial charge in [-0.15, -0.1) is 0 Å². The van der Waals surface area contributed by atoms with E-state index in [1.165, 1.54) is 19.0 Å². The second-order valence-corrected chi connectivity index (χ2v) is 4.67. The lowest BCUT2D eigenvalue weighted by molar-refractivity contribution is 0.0683. The van der Waals surface area contributed by atoms with E-state index in [1.54, 1.807) is 6.07 Å². The van der Waals surface area contributed by atoms with E-state index in [1.807, 2.05) is 0 Å². The molecule has 1 fully saturated rings. The van der Waals surface area contributed by atoms with Crippen LogP contribution in [-0.2, 0) is 0 Å². The maximum Gasteiger partial charge on any atom is 0.374 e. The number of carboxylic acids is 1. The maximum atomic E-state index is 10.7. The summed E-state index contributed by atoms with van der Waals surface area (Å²) in [5.41, 5.74) is 0. The minimum Gasteiger partial charge on any atom is -0.475 e. The van der Waals surface area contributed by atoms with Crippen LogP contribution >= 0.6 is 0 Å². The summed E-state index contributed by atoms with van der Waals surface area (Å²) in [6.45, 7) is 2.27. The van der Waals surface area contributed by atoms with Gasteiger partial charge in [0.2, 0.25) is 5.82 Å². The van der Waals surface area contributed by atoms with Crippen LogP contribution in [-0.4, -0.2) is 27.1 Å². The fourth-order valence-corrected chi connectivity index (χ4v) is 2.16. The van der Waals surface area contributed by atoms with Crippen LogP contribution in [0.3, 0.4) is 0 Å². The molecule has 0 aromatic carbocycles. The highest BCUT2D eigenvalue weighted by Gasteiger charge is 2.18. The molecule has 5 nitrogen and oxygen atoms in total. The molecule has 5 heteroatoms. The molecule has 17 heavy (non-hydrogen) atoms. The normalized spacial score (nSPS) is 24.3. The first kappa shape index (κ1) is 11.8. The summed E-state index contributed by atoms with van der Waals surface area (Å²) >= 11 is 0. The Labute approximate surface area is 100 Å². The molecular formula is C12H17N3O2. The van der Waals surface area contributed by atoms with E-state index in [0.717, 1.165) is 18.8 Å². The summed E-state index contributed by atoms with van der Waals surface area (Å²) in [6.07, 6.45) is 6.15. The SMILES string of the molecule is CC1CCC(Nc2ccnc(C(=O)O)n2)CC1. The van der Waals surface area contributed by atoms with E-state index in [2.05, 4.69) is 22.2 Å². The summed E-state index contributed by atoms with van der Waals surface area (Å²) in [5, 5.41) is 12.1. The second kappa shape index (κ2) is 5.12. The fourth-order valence-electron chi connectivity index (χ4n) is 2.16.